The summed E-state index contributed by atoms with van der Waals surface area (Å²) in [6, 6.07) is 12.5. The Kier molecular flexibility index (Phi) is 6.33. The molecule has 154 valence electrons. The molecule has 2 heterocycles. The minimum atomic E-state index is -1.12. The van der Waals surface area contributed by atoms with Crippen molar-refractivity contribution in [3.05, 3.63) is 66.0 Å². The van der Waals surface area contributed by atoms with Crippen molar-refractivity contribution in [2.45, 2.75) is 57.4 Å². The standard InChI is InChI=1S/C23H28N2O4/c1-16-13-19(14-23(2,3)25(16)4)28-22(27)20(17-9-6-5-7-10-17)29-21(26)18-11-8-12-24-15-18/h5-12,15-16,19-20H,13-14H2,1-4H3. The number of rotatable bonds is 5. The Morgan fingerprint density at radius 3 is 2.52 bits per heavy atom. The van der Waals surface area contributed by atoms with Gasteiger partial charge in [0.15, 0.2) is 0 Å². The average Bonchev–Trinajstić information content (AvgIpc) is 2.71. The van der Waals surface area contributed by atoms with Crippen LogP contribution in [0.1, 0.15) is 55.6 Å². The van der Waals surface area contributed by atoms with Crippen LogP contribution in [0.5, 0.6) is 0 Å². The van der Waals surface area contributed by atoms with E-state index in [9.17, 15) is 9.59 Å². The lowest BCUT2D eigenvalue weighted by molar-refractivity contribution is -0.166. The van der Waals surface area contributed by atoms with Crippen LogP contribution in [0.15, 0.2) is 54.9 Å². The Balaban J connectivity index is 1.77. The van der Waals surface area contributed by atoms with Crippen LogP contribution in [-0.2, 0) is 14.3 Å². The van der Waals surface area contributed by atoms with E-state index in [-0.39, 0.29) is 23.2 Å². The zero-order valence-corrected chi connectivity index (χ0v) is 17.4. The lowest BCUT2D eigenvalue weighted by Crippen LogP contribution is -2.54. The molecule has 1 fully saturated rings. The van der Waals surface area contributed by atoms with Gasteiger partial charge in [-0.3, -0.25) is 9.88 Å². The number of pyridine rings is 1. The van der Waals surface area contributed by atoms with Gasteiger partial charge in [0.2, 0.25) is 6.10 Å². The molecule has 1 aromatic carbocycles. The Morgan fingerprint density at radius 1 is 1.17 bits per heavy atom. The van der Waals surface area contributed by atoms with E-state index in [1.807, 2.05) is 6.07 Å². The Hall–Kier alpha value is -2.73. The molecule has 6 heteroatoms. The van der Waals surface area contributed by atoms with Crippen molar-refractivity contribution in [1.29, 1.82) is 0 Å². The molecule has 3 unspecified atom stereocenters. The van der Waals surface area contributed by atoms with Gasteiger partial charge in [-0.1, -0.05) is 30.3 Å². The predicted molar refractivity (Wildman–Crippen MR) is 109 cm³/mol. The van der Waals surface area contributed by atoms with Crippen LogP contribution in [0.3, 0.4) is 0 Å². The SMILES string of the molecule is CC1CC(OC(=O)C(OC(=O)c2cccnc2)c2ccccc2)CC(C)(C)N1C. The smallest absolute Gasteiger partial charge is 0.352 e. The predicted octanol–water partition coefficient (Wildman–Crippen LogP) is 3.78. The Labute approximate surface area is 171 Å². The number of likely N-dealkylation sites (tertiary alicyclic amines) is 1. The first-order valence-corrected chi connectivity index (χ1v) is 9.87. The molecule has 0 bridgehead atoms. The number of aromatic nitrogens is 1. The van der Waals surface area contributed by atoms with Crippen molar-refractivity contribution < 1.29 is 19.1 Å². The highest BCUT2D eigenvalue weighted by Gasteiger charge is 2.39. The first kappa shape index (κ1) is 21.0. The number of hydrogen-bond acceptors (Lipinski definition) is 6. The second kappa shape index (κ2) is 8.74. The van der Waals surface area contributed by atoms with Crippen LogP contribution < -0.4 is 0 Å². The van der Waals surface area contributed by atoms with E-state index in [1.54, 1.807) is 42.6 Å². The van der Waals surface area contributed by atoms with Gasteiger partial charge in [-0.25, -0.2) is 9.59 Å². The number of benzene rings is 1. The molecule has 0 spiro atoms. The Morgan fingerprint density at radius 2 is 1.90 bits per heavy atom. The minimum Gasteiger partial charge on any atom is -0.459 e. The molecule has 1 aliphatic rings. The van der Waals surface area contributed by atoms with Gasteiger partial charge in [-0.2, -0.15) is 0 Å². The number of piperidine rings is 1. The molecule has 3 atom stereocenters. The second-order valence-corrected chi connectivity index (χ2v) is 8.21. The number of ether oxygens (including phenoxy) is 2. The fourth-order valence-electron chi connectivity index (χ4n) is 3.77. The van der Waals surface area contributed by atoms with E-state index in [2.05, 4.69) is 37.7 Å². The van der Waals surface area contributed by atoms with Crippen molar-refractivity contribution in [3.8, 4) is 0 Å². The fraction of sp³-hybridized carbons (Fsp3) is 0.435. The first-order valence-electron chi connectivity index (χ1n) is 9.87. The first-order chi connectivity index (χ1) is 13.8. The van der Waals surface area contributed by atoms with E-state index in [1.165, 1.54) is 6.20 Å². The summed E-state index contributed by atoms with van der Waals surface area (Å²) in [4.78, 5) is 31.8. The molecule has 6 nitrogen and oxygen atoms in total. The largest absolute Gasteiger partial charge is 0.459 e. The van der Waals surface area contributed by atoms with E-state index in [0.29, 0.717) is 5.56 Å². The molecule has 0 aliphatic carbocycles. The number of hydrogen-bond donors (Lipinski definition) is 0. The zero-order valence-electron chi connectivity index (χ0n) is 17.4. The molecule has 1 aliphatic heterocycles. The fourth-order valence-corrected chi connectivity index (χ4v) is 3.77. The molecular weight excluding hydrogens is 368 g/mol. The monoisotopic (exact) mass is 396 g/mol. The Bertz CT molecular complexity index is 838. The van der Waals surface area contributed by atoms with E-state index >= 15 is 0 Å². The quantitative estimate of drug-likeness (QED) is 0.717. The number of carbonyl (C=O) groups excluding carboxylic acids is 2. The van der Waals surface area contributed by atoms with Gasteiger partial charge in [-0.05, 0) is 46.4 Å². The van der Waals surface area contributed by atoms with Gasteiger partial charge in [0.1, 0.15) is 6.10 Å². The van der Waals surface area contributed by atoms with Crippen LogP contribution >= 0.6 is 0 Å². The molecule has 0 amide bonds. The van der Waals surface area contributed by atoms with E-state index in [0.717, 1.165) is 12.8 Å². The highest BCUT2D eigenvalue weighted by Crippen LogP contribution is 2.33. The van der Waals surface area contributed by atoms with Crippen molar-refractivity contribution in [3.63, 3.8) is 0 Å². The van der Waals surface area contributed by atoms with Gasteiger partial charge in [0.25, 0.3) is 0 Å². The van der Waals surface area contributed by atoms with Gasteiger partial charge in [0.05, 0.1) is 5.56 Å². The summed E-state index contributed by atoms with van der Waals surface area (Å²) in [7, 11) is 2.09. The van der Waals surface area contributed by atoms with Crippen LogP contribution in [0.2, 0.25) is 0 Å². The maximum Gasteiger partial charge on any atom is 0.352 e. The average molecular weight is 396 g/mol. The zero-order chi connectivity index (χ0) is 21.0. The summed E-state index contributed by atoms with van der Waals surface area (Å²) in [6.07, 6.45) is 3.09. The minimum absolute atomic E-state index is 0.0861. The lowest BCUT2D eigenvalue weighted by Gasteiger charge is -2.47. The summed E-state index contributed by atoms with van der Waals surface area (Å²) in [5.41, 5.74) is 0.780. The lowest BCUT2D eigenvalue weighted by atomic mass is 9.85. The molecule has 29 heavy (non-hydrogen) atoms. The van der Waals surface area contributed by atoms with Crippen LogP contribution in [-0.4, -0.2) is 46.6 Å². The molecule has 0 N–H and O–H groups in total. The summed E-state index contributed by atoms with van der Waals surface area (Å²) >= 11 is 0. The maximum atomic E-state index is 13.0. The number of carbonyl (C=O) groups is 2. The molecule has 3 rings (SSSR count). The van der Waals surface area contributed by atoms with Crippen molar-refractivity contribution >= 4 is 11.9 Å². The maximum absolute atomic E-state index is 13.0. The normalized spacial score (nSPS) is 22.5. The second-order valence-electron chi connectivity index (χ2n) is 8.21. The number of nitrogens with zero attached hydrogens (tertiary/aromatic N) is 2. The molecule has 0 radical (unpaired) electrons. The molecular formula is C23H28N2O4. The third-order valence-electron chi connectivity index (χ3n) is 5.67. The van der Waals surface area contributed by atoms with Crippen LogP contribution in [0.25, 0.3) is 0 Å². The van der Waals surface area contributed by atoms with Gasteiger partial charge >= 0.3 is 11.9 Å². The van der Waals surface area contributed by atoms with Crippen LogP contribution in [0.4, 0.5) is 0 Å². The van der Waals surface area contributed by atoms with Crippen molar-refractivity contribution in [2.75, 3.05) is 7.05 Å². The third kappa shape index (κ3) is 5.01. The summed E-state index contributed by atoms with van der Waals surface area (Å²) in [5.74, 6) is -1.16. The van der Waals surface area contributed by atoms with E-state index in [4.69, 9.17) is 9.47 Å². The number of esters is 2. The topological polar surface area (TPSA) is 68.7 Å². The molecule has 2 aromatic rings. The van der Waals surface area contributed by atoms with Gasteiger partial charge in [0, 0.05) is 36.0 Å². The third-order valence-corrected chi connectivity index (χ3v) is 5.67. The van der Waals surface area contributed by atoms with Gasteiger partial charge in [-0.15, -0.1) is 0 Å². The summed E-state index contributed by atoms with van der Waals surface area (Å²) in [6.45, 7) is 6.40. The summed E-state index contributed by atoms with van der Waals surface area (Å²) in [5, 5.41) is 0. The molecule has 0 saturated carbocycles. The molecule has 1 saturated heterocycles. The van der Waals surface area contributed by atoms with Crippen molar-refractivity contribution in [2.24, 2.45) is 0 Å². The molecule has 1 aromatic heterocycles. The van der Waals surface area contributed by atoms with E-state index < -0.39 is 18.0 Å². The van der Waals surface area contributed by atoms with Crippen molar-refractivity contribution in [1.82, 2.24) is 9.88 Å². The highest BCUT2D eigenvalue weighted by molar-refractivity contribution is 5.91. The highest BCUT2D eigenvalue weighted by atomic mass is 16.6. The van der Waals surface area contributed by atoms with Crippen LogP contribution in [0, 0.1) is 0 Å². The van der Waals surface area contributed by atoms with Gasteiger partial charge < -0.3 is 9.47 Å². The summed E-state index contributed by atoms with van der Waals surface area (Å²) < 4.78 is 11.4.